The summed E-state index contributed by atoms with van der Waals surface area (Å²) < 4.78 is 0.559. The Labute approximate surface area is 123 Å². The smallest absolute Gasteiger partial charge is 0.282 e. The molecule has 0 unspecified atom stereocenters. The Morgan fingerprint density at radius 1 is 1.21 bits per heavy atom. The van der Waals surface area contributed by atoms with Gasteiger partial charge in [0.1, 0.15) is 0 Å². The van der Waals surface area contributed by atoms with E-state index in [-0.39, 0.29) is 5.69 Å². The van der Waals surface area contributed by atoms with Gasteiger partial charge in [0.15, 0.2) is 0 Å². The molecule has 2 aromatic rings. The quantitative estimate of drug-likeness (QED) is 0.510. The minimum absolute atomic E-state index is 0.0805. The van der Waals surface area contributed by atoms with E-state index in [1.54, 1.807) is 30.3 Å². The van der Waals surface area contributed by atoms with Crippen LogP contribution in [0.3, 0.4) is 0 Å². The largest absolute Gasteiger partial charge is 0.355 e. The Morgan fingerprint density at radius 3 is 2.58 bits per heavy atom. The van der Waals surface area contributed by atoms with Crippen LogP contribution in [0.4, 0.5) is 17.1 Å². The summed E-state index contributed by atoms with van der Waals surface area (Å²) in [5.74, 6) is 0. The van der Waals surface area contributed by atoms with Crippen LogP contribution in [0.1, 0.15) is 5.56 Å². The fourth-order valence-electron chi connectivity index (χ4n) is 1.57. The van der Waals surface area contributed by atoms with Crippen LogP contribution in [0.15, 0.2) is 42.5 Å². The molecular formula is C13H8IN3O2. The van der Waals surface area contributed by atoms with E-state index in [9.17, 15) is 10.1 Å². The average molecular weight is 365 g/mol. The Hall–Kier alpha value is -2.14. The van der Waals surface area contributed by atoms with E-state index in [1.165, 1.54) is 6.07 Å². The molecule has 0 fully saturated rings. The second-order valence-corrected chi connectivity index (χ2v) is 4.90. The molecule has 5 nitrogen and oxygen atoms in total. The molecule has 0 atom stereocenters. The van der Waals surface area contributed by atoms with Crippen LogP contribution in [-0.2, 0) is 0 Å². The monoisotopic (exact) mass is 365 g/mol. The van der Waals surface area contributed by atoms with Gasteiger partial charge < -0.3 is 5.32 Å². The van der Waals surface area contributed by atoms with E-state index in [0.29, 0.717) is 9.13 Å². The first-order valence-electron chi connectivity index (χ1n) is 5.31. The highest BCUT2D eigenvalue weighted by Crippen LogP contribution is 2.26. The van der Waals surface area contributed by atoms with Gasteiger partial charge in [-0.15, -0.1) is 0 Å². The van der Waals surface area contributed by atoms with Gasteiger partial charge in [0.05, 0.1) is 20.1 Å². The third-order valence-electron chi connectivity index (χ3n) is 2.42. The molecule has 19 heavy (non-hydrogen) atoms. The minimum Gasteiger partial charge on any atom is -0.355 e. The third-order valence-corrected chi connectivity index (χ3v) is 3.29. The lowest BCUT2D eigenvalue weighted by atomic mass is 10.2. The maximum Gasteiger partial charge on any atom is 0.282 e. The van der Waals surface area contributed by atoms with Crippen molar-refractivity contribution in [1.82, 2.24) is 0 Å². The van der Waals surface area contributed by atoms with Crippen LogP contribution < -0.4 is 5.32 Å². The molecule has 0 saturated heterocycles. The van der Waals surface area contributed by atoms with E-state index in [4.69, 9.17) is 5.26 Å². The van der Waals surface area contributed by atoms with Crippen LogP contribution in [0.2, 0.25) is 0 Å². The van der Waals surface area contributed by atoms with E-state index in [1.807, 2.05) is 28.7 Å². The molecule has 0 saturated carbocycles. The van der Waals surface area contributed by atoms with Crippen molar-refractivity contribution in [1.29, 1.82) is 5.26 Å². The molecule has 0 bridgehead atoms. The molecule has 0 aliphatic heterocycles. The van der Waals surface area contributed by atoms with Crippen molar-refractivity contribution in [3.05, 3.63) is 61.7 Å². The number of nitrogens with zero attached hydrogens (tertiary/aromatic N) is 2. The zero-order valence-corrected chi connectivity index (χ0v) is 11.8. The van der Waals surface area contributed by atoms with Crippen LogP contribution in [-0.4, -0.2) is 4.92 Å². The molecule has 0 spiro atoms. The number of hydrogen-bond donors (Lipinski definition) is 1. The fraction of sp³-hybridized carbons (Fsp3) is 0. The summed E-state index contributed by atoms with van der Waals surface area (Å²) in [5, 5.41) is 22.6. The second-order valence-electron chi connectivity index (χ2n) is 3.74. The first-order chi connectivity index (χ1) is 9.10. The number of halogens is 1. The first kappa shape index (κ1) is 13.3. The number of anilines is 2. The molecule has 0 aromatic heterocycles. The van der Waals surface area contributed by atoms with Crippen LogP contribution in [0.25, 0.3) is 0 Å². The van der Waals surface area contributed by atoms with Gasteiger partial charge in [0, 0.05) is 17.4 Å². The van der Waals surface area contributed by atoms with Crippen LogP contribution >= 0.6 is 22.6 Å². The van der Waals surface area contributed by atoms with Gasteiger partial charge in [-0.2, -0.15) is 5.26 Å². The Morgan fingerprint density at radius 2 is 1.95 bits per heavy atom. The maximum absolute atomic E-state index is 10.7. The molecule has 6 heteroatoms. The van der Waals surface area contributed by atoms with Crippen molar-refractivity contribution in [2.45, 2.75) is 0 Å². The highest BCUT2D eigenvalue weighted by atomic mass is 127. The van der Waals surface area contributed by atoms with E-state index >= 15 is 0 Å². The average Bonchev–Trinajstić information content (AvgIpc) is 2.38. The van der Waals surface area contributed by atoms with E-state index < -0.39 is 4.92 Å². The Balaban J connectivity index is 2.26. The lowest BCUT2D eigenvalue weighted by molar-refractivity contribution is -0.385. The normalized spacial score (nSPS) is 9.68. The topological polar surface area (TPSA) is 79.0 Å². The third kappa shape index (κ3) is 3.20. The van der Waals surface area contributed by atoms with E-state index in [0.717, 1.165) is 11.4 Å². The summed E-state index contributed by atoms with van der Waals surface area (Å²) in [7, 11) is 0. The first-order valence-corrected chi connectivity index (χ1v) is 6.39. The van der Waals surface area contributed by atoms with Crippen molar-refractivity contribution in [3.8, 4) is 6.07 Å². The number of nitro groups is 1. The van der Waals surface area contributed by atoms with Crippen molar-refractivity contribution in [3.63, 3.8) is 0 Å². The van der Waals surface area contributed by atoms with Crippen molar-refractivity contribution in [2.75, 3.05) is 5.32 Å². The van der Waals surface area contributed by atoms with Gasteiger partial charge in [0.25, 0.3) is 5.69 Å². The van der Waals surface area contributed by atoms with Gasteiger partial charge in [0.2, 0.25) is 0 Å². The lowest BCUT2D eigenvalue weighted by Crippen LogP contribution is -1.95. The summed E-state index contributed by atoms with van der Waals surface area (Å²) in [6, 6.07) is 13.9. The SMILES string of the molecule is N#Cc1cccc(Nc2ccc([N+](=O)[O-])c(I)c2)c1. The molecule has 2 rings (SSSR count). The summed E-state index contributed by atoms with van der Waals surface area (Å²) in [6.45, 7) is 0. The predicted molar refractivity (Wildman–Crippen MR) is 80.3 cm³/mol. The van der Waals surface area contributed by atoms with Gasteiger partial charge in [-0.05, 0) is 52.9 Å². The molecule has 0 aliphatic carbocycles. The number of benzene rings is 2. The van der Waals surface area contributed by atoms with Crippen LogP contribution in [0, 0.1) is 25.0 Å². The van der Waals surface area contributed by atoms with Gasteiger partial charge >= 0.3 is 0 Å². The number of nitrogens with one attached hydrogen (secondary N) is 1. The van der Waals surface area contributed by atoms with Gasteiger partial charge in [-0.3, -0.25) is 10.1 Å². The standard InChI is InChI=1S/C13H8IN3O2/c14-12-7-11(4-5-13(12)17(18)19)16-10-3-1-2-9(6-10)8-15/h1-7,16H. The number of nitro benzene ring substituents is 1. The van der Waals surface area contributed by atoms with Gasteiger partial charge in [-0.25, -0.2) is 0 Å². The summed E-state index contributed by atoms with van der Waals surface area (Å²) in [5.41, 5.74) is 2.15. The van der Waals surface area contributed by atoms with E-state index in [2.05, 4.69) is 11.4 Å². The zero-order valence-electron chi connectivity index (χ0n) is 9.63. The van der Waals surface area contributed by atoms with Crippen molar-refractivity contribution < 1.29 is 4.92 Å². The molecule has 2 aromatic carbocycles. The fourth-order valence-corrected chi connectivity index (χ4v) is 2.28. The zero-order chi connectivity index (χ0) is 13.8. The summed E-state index contributed by atoms with van der Waals surface area (Å²) in [4.78, 5) is 10.3. The second kappa shape index (κ2) is 5.67. The molecular weight excluding hydrogens is 357 g/mol. The molecule has 0 heterocycles. The number of nitriles is 1. The minimum atomic E-state index is -0.415. The molecule has 0 amide bonds. The van der Waals surface area contributed by atoms with Gasteiger partial charge in [-0.1, -0.05) is 6.07 Å². The predicted octanol–water partition coefficient (Wildman–Crippen LogP) is 3.81. The molecule has 94 valence electrons. The van der Waals surface area contributed by atoms with Crippen molar-refractivity contribution >= 4 is 39.7 Å². The van der Waals surface area contributed by atoms with Crippen LogP contribution in [0.5, 0.6) is 0 Å². The molecule has 0 radical (unpaired) electrons. The lowest BCUT2D eigenvalue weighted by Gasteiger charge is -2.07. The highest BCUT2D eigenvalue weighted by Gasteiger charge is 2.11. The summed E-state index contributed by atoms with van der Waals surface area (Å²) in [6.07, 6.45) is 0. The Kier molecular flexibility index (Phi) is 3.97. The Bertz CT molecular complexity index is 680. The molecule has 0 aliphatic rings. The molecule has 1 N–H and O–H groups in total. The number of rotatable bonds is 3. The van der Waals surface area contributed by atoms with Crippen molar-refractivity contribution in [2.24, 2.45) is 0 Å². The maximum atomic E-state index is 10.7. The summed E-state index contributed by atoms with van der Waals surface area (Å²) >= 11 is 1.92. The number of hydrogen-bond acceptors (Lipinski definition) is 4. The highest BCUT2D eigenvalue weighted by molar-refractivity contribution is 14.1.